The molecule has 27 heavy (non-hydrogen) atoms. The van der Waals surface area contributed by atoms with Crippen molar-refractivity contribution in [1.82, 2.24) is 4.57 Å². The minimum atomic E-state index is -4.79. The molecule has 2 aromatic carbocycles. The number of pyridine rings is 1. The maximum absolute atomic E-state index is 13.6. The normalized spacial score (nSPS) is 11.2. The molecule has 0 saturated carbocycles. The lowest BCUT2D eigenvalue weighted by Gasteiger charge is -2.21. The molecular formula is C21H15F3N2O. The monoisotopic (exact) mass is 368 g/mol. The summed E-state index contributed by atoms with van der Waals surface area (Å²) in [7, 11) is 0. The Bertz CT molecular complexity index is 1060. The van der Waals surface area contributed by atoms with E-state index in [0.29, 0.717) is 5.56 Å². The van der Waals surface area contributed by atoms with Gasteiger partial charge in [-0.15, -0.1) is 0 Å². The molecule has 0 amide bonds. The van der Waals surface area contributed by atoms with Crippen LogP contribution < -0.4 is 5.56 Å². The maximum atomic E-state index is 13.6. The molecule has 0 unspecified atom stereocenters. The molecule has 0 radical (unpaired) electrons. The first-order valence-corrected chi connectivity index (χ1v) is 8.16. The molecule has 0 spiro atoms. The zero-order valence-corrected chi connectivity index (χ0v) is 14.4. The Morgan fingerprint density at radius 1 is 1.00 bits per heavy atom. The predicted molar refractivity (Wildman–Crippen MR) is 97.7 cm³/mol. The van der Waals surface area contributed by atoms with Gasteiger partial charge in [-0.3, -0.25) is 4.79 Å². The fraction of sp³-hybridized carbons (Fsp3) is 0.143. The first-order valence-electron chi connectivity index (χ1n) is 8.16. The zero-order chi connectivity index (χ0) is 19.6. The van der Waals surface area contributed by atoms with Crippen molar-refractivity contribution in [2.45, 2.75) is 19.6 Å². The molecule has 3 aromatic rings. The summed E-state index contributed by atoms with van der Waals surface area (Å²) < 4.78 is 42.2. The van der Waals surface area contributed by atoms with Gasteiger partial charge in [0.15, 0.2) is 0 Å². The molecule has 136 valence electrons. The first kappa shape index (κ1) is 18.5. The number of nitrogens with zero attached hydrogens (tertiary/aromatic N) is 2. The van der Waals surface area contributed by atoms with Crippen molar-refractivity contribution < 1.29 is 13.2 Å². The van der Waals surface area contributed by atoms with Crippen LogP contribution in [-0.2, 0) is 12.7 Å². The van der Waals surface area contributed by atoms with Gasteiger partial charge in [0.1, 0.15) is 0 Å². The summed E-state index contributed by atoms with van der Waals surface area (Å²) in [5.41, 5.74) is -1.71. The van der Waals surface area contributed by atoms with Gasteiger partial charge in [-0.25, -0.2) is 4.85 Å². The van der Waals surface area contributed by atoms with Crippen molar-refractivity contribution in [3.63, 3.8) is 0 Å². The van der Waals surface area contributed by atoms with Gasteiger partial charge >= 0.3 is 6.18 Å². The van der Waals surface area contributed by atoms with Crippen LogP contribution in [-0.4, -0.2) is 4.57 Å². The Morgan fingerprint density at radius 3 is 2.07 bits per heavy atom. The standard InChI is InChI=1S/C21H15F3N2O/c1-14-17(21(22,23)24)18(25-2)20(27)26(13-15-9-5-3-6-10-15)19(14)16-11-7-4-8-12-16/h3-12H,13H2,1H3. The Morgan fingerprint density at radius 2 is 1.56 bits per heavy atom. The van der Waals surface area contributed by atoms with E-state index >= 15 is 0 Å². The molecule has 0 bridgehead atoms. The lowest BCUT2D eigenvalue weighted by atomic mass is 9.99. The molecule has 0 aliphatic rings. The number of hydrogen-bond acceptors (Lipinski definition) is 1. The average molecular weight is 368 g/mol. The van der Waals surface area contributed by atoms with Gasteiger partial charge < -0.3 is 4.57 Å². The molecule has 0 fully saturated rings. The van der Waals surface area contributed by atoms with E-state index in [0.717, 1.165) is 5.56 Å². The van der Waals surface area contributed by atoms with Crippen molar-refractivity contribution in [2.75, 3.05) is 0 Å². The largest absolute Gasteiger partial charge is 0.407 e. The lowest BCUT2D eigenvalue weighted by Crippen LogP contribution is -2.27. The summed E-state index contributed by atoms with van der Waals surface area (Å²) in [5.74, 6) is 0. The molecule has 6 heteroatoms. The lowest BCUT2D eigenvalue weighted by molar-refractivity contribution is -0.137. The van der Waals surface area contributed by atoms with E-state index in [1.54, 1.807) is 54.6 Å². The van der Waals surface area contributed by atoms with E-state index in [-0.39, 0.29) is 17.8 Å². The van der Waals surface area contributed by atoms with Crippen molar-refractivity contribution in [1.29, 1.82) is 0 Å². The summed E-state index contributed by atoms with van der Waals surface area (Å²) in [5, 5.41) is 0. The van der Waals surface area contributed by atoms with Crippen LogP contribution in [0.1, 0.15) is 16.7 Å². The highest BCUT2D eigenvalue weighted by Gasteiger charge is 2.39. The van der Waals surface area contributed by atoms with Crippen molar-refractivity contribution in [3.8, 4) is 11.3 Å². The topological polar surface area (TPSA) is 26.4 Å². The first-order chi connectivity index (χ1) is 12.8. The Balaban J connectivity index is 2.40. The maximum Gasteiger partial charge on any atom is 0.407 e. The second-order valence-corrected chi connectivity index (χ2v) is 6.05. The van der Waals surface area contributed by atoms with Gasteiger partial charge in [0.2, 0.25) is 0 Å². The van der Waals surface area contributed by atoms with Gasteiger partial charge in [-0.05, 0) is 23.6 Å². The van der Waals surface area contributed by atoms with E-state index in [9.17, 15) is 18.0 Å². The molecule has 1 aromatic heterocycles. The summed E-state index contributed by atoms with van der Waals surface area (Å²) in [6.45, 7) is 8.55. The molecule has 3 rings (SSSR count). The van der Waals surface area contributed by atoms with E-state index in [4.69, 9.17) is 6.57 Å². The van der Waals surface area contributed by atoms with Crippen LogP contribution in [0.5, 0.6) is 0 Å². The molecule has 0 aliphatic heterocycles. The smallest absolute Gasteiger partial charge is 0.312 e. The predicted octanol–water partition coefficient (Wildman–Crippen LogP) is 5.44. The van der Waals surface area contributed by atoms with Crippen LogP contribution in [0.3, 0.4) is 0 Å². The van der Waals surface area contributed by atoms with E-state index < -0.39 is 23.0 Å². The van der Waals surface area contributed by atoms with Crippen LogP contribution in [0.25, 0.3) is 16.1 Å². The second-order valence-electron chi connectivity index (χ2n) is 6.05. The highest BCUT2D eigenvalue weighted by Crippen LogP contribution is 2.40. The van der Waals surface area contributed by atoms with Crippen molar-refractivity contribution in [3.05, 3.63) is 99.1 Å². The average Bonchev–Trinajstić information content (AvgIpc) is 2.64. The highest BCUT2D eigenvalue weighted by molar-refractivity contribution is 5.70. The zero-order valence-electron chi connectivity index (χ0n) is 14.4. The van der Waals surface area contributed by atoms with E-state index in [1.807, 2.05) is 6.07 Å². The van der Waals surface area contributed by atoms with Crippen LogP contribution in [0.4, 0.5) is 18.9 Å². The third-order valence-electron chi connectivity index (χ3n) is 4.31. The summed E-state index contributed by atoms with van der Waals surface area (Å²) >= 11 is 0. The molecular weight excluding hydrogens is 353 g/mol. The molecule has 0 aliphatic carbocycles. The van der Waals surface area contributed by atoms with Crippen LogP contribution >= 0.6 is 0 Å². The summed E-state index contributed by atoms with van der Waals surface area (Å²) in [4.78, 5) is 15.8. The fourth-order valence-corrected chi connectivity index (χ4v) is 3.17. The van der Waals surface area contributed by atoms with Gasteiger partial charge in [0.25, 0.3) is 11.2 Å². The minimum Gasteiger partial charge on any atom is -0.312 e. The Labute approximate surface area is 154 Å². The third kappa shape index (κ3) is 3.49. The van der Waals surface area contributed by atoms with Crippen molar-refractivity contribution >= 4 is 5.69 Å². The Kier molecular flexibility index (Phi) is 4.87. The number of benzene rings is 2. The second kappa shape index (κ2) is 7.12. The highest BCUT2D eigenvalue weighted by atomic mass is 19.4. The van der Waals surface area contributed by atoms with Crippen LogP contribution in [0, 0.1) is 13.5 Å². The van der Waals surface area contributed by atoms with Gasteiger partial charge in [0.05, 0.1) is 17.8 Å². The number of rotatable bonds is 3. The summed E-state index contributed by atoms with van der Waals surface area (Å²) in [6, 6.07) is 17.4. The fourth-order valence-electron chi connectivity index (χ4n) is 3.17. The van der Waals surface area contributed by atoms with E-state index in [1.165, 1.54) is 11.5 Å². The molecule has 1 heterocycles. The Hall–Kier alpha value is -3.33. The summed E-state index contributed by atoms with van der Waals surface area (Å²) in [6.07, 6.45) is -4.79. The minimum absolute atomic E-state index is 0.0748. The number of alkyl halides is 3. The molecule has 0 atom stereocenters. The number of hydrogen-bond donors (Lipinski definition) is 0. The van der Waals surface area contributed by atoms with Gasteiger partial charge in [-0.1, -0.05) is 60.7 Å². The van der Waals surface area contributed by atoms with E-state index in [2.05, 4.69) is 4.85 Å². The van der Waals surface area contributed by atoms with Gasteiger partial charge in [-0.2, -0.15) is 13.2 Å². The molecule has 3 nitrogen and oxygen atoms in total. The number of aromatic nitrogens is 1. The van der Waals surface area contributed by atoms with Crippen LogP contribution in [0.2, 0.25) is 0 Å². The SMILES string of the molecule is [C-]#[N+]c1c(C(F)(F)F)c(C)c(-c2ccccc2)n(Cc2ccccc2)c1=O. The van der Waals surface area contributed by atoms with Crippen LogP contribution in [0.15, 0.2) is 65.5 Å². The number of halogens is 3. The third-order valence-corrected chi connectivity index (χ3v) is 4.31. The molecule has 0 N–H and O–H groups in total. The van der Waals surface area contributed by atoms with Gasteiger partial charge in [0, 0.05) is 6.54 Å². The quantitative estimate of drug-likeness (QED) is 0.565. The van der Waals surface area contributed by atoms with Crippen molar-refractivity contribution in [2.24, 2.45) is 0 Å². The molecule has 0 saturated heterocycles.